The van der Waals surface area contributed by atoms with Gasteiger partial charge < -0.3 is 0 Å². The minimum absolute atomic E-state index is 0.0950. The van der Waals surface area contributed by atoms with Crippen LogP contribution in [0.3, 0.4) is 0 Å². The lowest BCUT2D eigenvalue weighted by molar-refractivity contribution is 0.454. The summed E-state index contributed by atoms with van der Waals surface area (Å²) in [6.07, 6.45) is 0. The predicted octanol–water partition coefficient (Wildman–Crippen LogP) is 10.3. The van der Waals surface area contributed by atoms with Crippen molar-refractivity contribution in [2.75, 3.05) is 0 Å². The van der Waals surface area contributed by atoms with Crippen molar-refractivity contribution < 1.29 is 17.6 Å². The lowest BCUT2D eigenvalue weighted by atomic mass is 9.90. The SMILES string of the molecule is N#Cc1c(F)c(F)c(-c2ccccc2-c2nc3ccccc3c3c2c(C#N)cc2nc(-c4ccccc4)c(-c4ccccc4)nc23)c(F)c1F. The van der Waals surface area contributed by atoms with Crippen LogP contribution >= 0.6 is 0 Å². The largest absolute Gasteiger partial charge is 0.247 e. The summed E-state index contributed by atoms with van der Waals surface area (Å²) in [4.78, 5) is 15.2. The molecular formula is C41H19F4N5. The quantitative estimate of drug-likeness (QED) is 0.107. The first kappa shape index (κ1) is 30.4. The van der Waals surface area contributed by atoms with Crippen LogP contribution in [-0.2, 0) is 0 Å². The molecule has 236 valence electrons. The van der Waals surface area contributed by atoms with Crippen LogP contribution in [0.1, 0.15) is 11.1 Å². The van der Waals surface area contributed by atoms with Crippen molar-refractivity contribution in [1.82, 2.24) is 15.0 Å². The van der Waals surface area contributed by atoms with Crippen LogP contribution in [0.2, 0.25) is 0 Å². The van der Waals surface area contributed by atoms with Crippen molar-refractivity contribution >= 4 is 32.7 Å². The van der Waals surface area contributed by atoms with E-state index in [0.29, 0.717) is 44.1 Å². The summed E-state index contributed by atoms with van der Waals surface area (Å²) >= 11 is 0. The van der Waals surface area contributed by atoms with Gasteiger partial charge in [0.15, 0.2) is 23.3 Å². The minimum Gasteiger partial charge on any atom is -0.247 e. The molecule has 0 fully saturated rings. The van der Waals surface area contributed by atoms with Crippen LogP contribution in [0.4, 0.5) is 17.6 Å². The number of nitriles is 2. The Kier molecular flexibility index (Phi) is 7.24. The maximum absolute atomic E-state index is 15.6. The molecule has 8 rings (SSSR count). The van der Waals surface area contributed by atoms with E-state index in [1.165, 1.54) is 24.3 Å². The second-order valence-corrected chi connectivity index (χ2v) is 11.4. The molecule has 0 radical (unpaired) electrons. The van der Waals surface area contributed by atoms with Crippen molar-refractivity contribution in [2.24, 2.45) is 0 Å². The van der Waals surface area contributed by atoms with E-state index >= 15 is 8.78 Å². The third kappa shape index (κ3) is 4.64. The molecule has 2 aromatic heterocycles. The molecule has 0 N–H and O–H groups in total. The van der Waals surface area contributed by atoms with Gasteiger partial charge in [-0.05, 0) is 17.7 Å². The van der Waals surface area contributed by atoms with Gasteiger partial charge >= 0.3 is 0 Å². The Hall–Kier alpha value is -6.97. The van der Waals surface area contributed by atoms with Gasteiger partial charge in [0.2, 0.25) is 0 Å². The molecular weight excluding hydrogens is 638 g/mol. The van der Waals surface area contributed by atoms with Crippen molar-refractivity contribution in [3.05, 3.63) is 150 Å². The Labute approximate surface area is 282 Å². The maximum Gasteiger partial charge on any atom is 0.180 e. The number of pyridine rings is 1. The molecule has 0 saturated heterocycles. The smallest absolute Gasteiger partial charge is 0.180 e. The molecule has 0 saturated carbocycles. The van der Waals surface area contributed by atoms with Gasteiger partial charge in [0.25, 0.3) is 0 Å². The van der Waals surface area contributed by atoms with Crippen molar-refractivity contribution in [1.29, 1.82) is 10.5 Å². The summed E-state index contributed by atoms with van der Waals surface area (Å²) in [5.41, 5.74) is 1.93. The fourth-order valence-corrected chi connectivity index (χ4v) is 6.41. The number of hydrogen-bond donors (Lipinski definition) is 0. The van der Waals surface area contributed by atoms with Crippen LogP contribution < -0.4 is 0 Å². The third-order valence-electron chi connectivity index (χ3n) is 8.64. The summed E-state index contributed by atoms with van der Waals surface area (Å²) in [6.45, 7) is 0. The van der Waals surface area contributed by atoms with Gasteiger partial charge in [0, 0.05) is 32.8 Å². The second-order valence-electron chi connectivity index (χ2n) is 11.4. The Morgan fingerprint density at radius 3 is 1.64 bits per heavy atom. The Bertz CT molecular complexity index is 2740. The highest BCUT2D eigenvalue weighted by molar-refractivity contribution is 6.23. The molecule has 0 spiro atoms. The van der Waals surface area contributed by atoms with Crippen LogP contribution in [-0.4, -0.2) is 15.0 Å². The number of para-hydroxylation sites is 1. The minimum atomic E-state index is -1.81. The van der Waals surface area contributed by atoms with Gasteiger partial charge in [-0.3, -0.25) is 0 Å². The van der Waals surface area contributed by atoms with Crippen LogP contribution in [0.15, 0.2) is 115 Å². The molecule has 5 nitrogen and oxygen atoms in total. The highest BCUT2D eigenvalue weighted by Crippen LogP contribution is 2.44. The average Bonchev–Trinajstić information content (AvgIpc) is 3.17. The molecule has 2 heterocycles. The molecule has 6 aromatic carbocycles. The molecule has 0 amide bonds. The van der Waals surface area contributed by atoms with E-state index in [1.54, 1.807) is 24.3 Å². The first-order valence-corrected chi connectivity index (χ1v) is 15.3. The molecule has 8 aromatic rings. The number of halogens is 4. The molecule has 9 heteroatoms. The van der Waals surface area contributed by atoms with E-state index in [2.05, 4.69) is 6.07 Å². The number of hydrogen-bond acceptors (Lipinski definition) is 5. The number of aromatic nitrogens is 3. The topological polar surface area (TPSA) is 86.2 Å². The fraction of sp³-hybridized carbons (Fsp3) is 0. The van der Waals surface area contributed by atoms with Gasteiger partial charge in [-0.2, -0.15) is 10.5 Å². The average molecular weight is 658 g/mol. The van der Waals surface area contributed by atoms with Crippen molar-refractivity contribution in [2.45, 2.75) is 0 Å². The molecule has 0 aliphatic rings. The van der Waals surface area contributed by atoms with Gasteiger partial charge in [-0.1, -0.05) is 103 Å². The van der Waals surface area contributed by atoms with E-state index in [4.69, 9.17) is 20.2 Å². The zero-order valence-corrected chi connectivity index (χ0v) is 25.7. The van der Waals surface area contributed by atoms with Gasteiger partial charge in [-0.25, -0.2) is 32.5 Å². The molecule has 0 unspecified atom stereocenters. The lowest BCUT2D eigenvalue weighted by Gasteiger charge is -2.18. The molecule has 0 aliphatic heterocycles. The summed E-state index contributed by atoms with van der Waals surface area (Å²) in [6, 6.07) is 37.1. The number of benzene rings is 6. The number of fused-ring (bicyclic) bond motifs is 5. The molecule has 0 atom stereocenters. The van der Waals surface area contributed by atoms with E-state index in [9.17, 15) is 14.0 Å². The molecule has 50 heavy (non-hydrogen) atoms. The second kappa shape index (κ2) is 11.9. The maximum atomic E-state index is 15.6. The highest BCUT2D eigenvalue weighted by Gasteiger charge is 2.29. The first-order chi connectivity index (χ1) is 24.4. The third-order valence-corrected chi connectivity index (χ3v) is 8.64. The monoisotopic (exact) mass is 657 g/mol. The van der Waals surface area contributed by atoms with Crippen molar-refractivity contribution in [3.63, 3.8) is 0 Å². The highest BCUT2D eigenvalue weighted by atomic mass is 19.2. The van der Waals surface area contributed by atoms with E-state index in [0.717, 1.165) is 11.1 Å². The Balaban J connectivity index is 1.54. The van der Waals surface area contributed by atoms with E-state index in [-0.39, 0.29) is 22.4 Å². The van der Waals surface area contributed by atoms with Crippen LogP contribution in [0.25, 0.3) is 77.6 Å². The summed E-state index contributed by atoms with van der Waals surface area (Å²) < 4.78 is 61.0. The predicted molar refractivity (Wildman–Crippen MR) is 183 cm³/mol. The first-order valence-electron chi connectivity index (χ1n) is 15.3. The molecule has 0 aliphatic carbocycles. The number of nitrogens with zero attached hydrogens (tertiary/aromatic N) is 5. The fourth-order valence-electron chi connectivity index (χ4n) is 6.41. The van der Waals surface area contributed by atoms with E-state index < -0.39 is 34.4 Å². The van der Waals surface area contributed by atoms with Crippen LogP contribution in [0, 0.1) is 45.9 Å². The Morgan fingerprint density at radius 1 is 0.480 bits per heavy atom. The van der Waals surface area contributed by atoms with Gasteiger partial charge in [0.05, 0.1) is 50.8 Å². The lowest BCUT2D eigenvalue weighted by Crippen LogP contribution is -2.05. The normalized spacial score (nSPS) is 11.2. The summed E-state index contributed by atoms with van der Waals surface area (Å²) in [5.74, 6) is -7.07. The summed E-state index contributed by atoms with van der Waals surface area (Å²) in [7, 11) is 0. The van der Waals surface area contributed by atoms with Crippen molar-refractivity contribution in [3.8, 4) is 57.0 Å². The summed E-state index contributed by atoms with van der Waals surface area (Å²) in [5, 5.41) is 21.2. The zero-order valence-electron chi connectivity index (χ0n) is 25.7. The molecule has 0 bridgehead atoms. The van der Waals surface area contributed by atoms with Crippen LogP contribution in [0.5, 0.6) is 0 Å². The standard InChI is InChI=1S/C41H19F4N5/c42-34-28(21-47)35(43)37(45)33(36(34)44)25-15-7-8-16-26(25)40-31-24(20-46)19-30-41(32(31)27-17-9-10-18-29(27)48-40)50-39(23-13-5-2-6-14-23)38(49-30)22-11-3-1-4-12-22/h1-19H. The van der Waals surface area contributed by atoms with E-state index in [1.807, 2.05) is 72.8 Å². The number of rotatable bonds is 4. The van der Waals surface area contributed by atoms with Gasteiger partial charge in [0.1, 0.15) is 11.6 Å². The Morgan fingerprint density at radius 2 is 1.02 bits per heavy atom. The van der Waals surface area contributed by atoms with Gasteiger partial charge in [-0.15, -0.1) is 0 Å². The zero-order chi connectivity index (χ0) is 34.5.